The molecule has 0 saturated heterocycles. The van der Waals surface area contributed by atoms with Crippen LogP contribution in [0.25, 0.3) is 0 Å². The topological polar surface area (TPSA) is 24.9 Å². The Kier molecular flexibility index (Phi) is 6.05. The summed E-state index contributed by atoms with van der Waals surface area (Å²) in [7, 11) is 0. The monoisotopic (exact) mass is 224 g/mol. The van der Waals surface area contributed by atoms with Crippen molar-refractivity contribution in [2.45, 2.75) is 19.8 Å². The molecule has 0 amide bonds. The molecule has 0 atom stereocenters. The van der Waals surface area contributed by atoms with Gasteiger partial charge < -0.3 is 5.32 Å². The summed E-state index contributed by atoms with van der Waals surface area (Å²) in [4.78, 5) is 3.95. The molecule has 1 N–H and O–H groups in total. The first-order chi connectivity index (χ1) is 7.34. The molecule has 0 unspecified atom stereocenters. The van der Waals surface area contributed by atoms with Crippen LogP contribution in [0, 0.1) is 0 Å². The van der Waals surface area contributed by atoms with Crippen molar-refractivity contribution in [1.29, 1.82) is 0 Å². The van der Waals surface area contributed by atoms with Crippen LogP contribution >= 0.6 is 11.6 Å². The summed E-state index contributed by atoms with van der Waals surface area (Å²) in [5, 5.41) is 4.02. The van der Waals surface area contributed by atoms with Crippen LogP contribution in [0.5, 0.6) is 0 Å². The van der Waals surface area contributed by atoms with Crippen LogP contribution in [-0.4, -0.2) is 18.1 Å². The summed E-state index contributed by atoms with van der Waals surface area (Å²) in [6.45, 7) is 4.18. The zero-order valence-corrected chi connectivity index (χ0v) is 9.80. The number of nitrogens with zero attached hydrogens (tertiary/aromatic N) is 1. The van der Waals surface area contributed by atoms with E-state index in [0.29, 0.717) is 0 Å². The molecule has 1 heterocycles. The Morgan fingerprint density at radius 2 is 2.33 bits per heavy atom. The average molecular weight is 225 g/mol. The van der Waals surface area contributed by atoms with Crippen LogP contribution in [0.3, 0.4) is 0 Å². The van der Waals surface area contributed by atoms with E-state index >= 15 is 0 Å². The molecular formula is C12H17ClN2. The number of pyridine rings is 1. The first-order valence-electron chi connectivity index (χ1n) is 5.28. The van der Waals surface area contributed by atoms with Gasteiger partial charge in [-0.2, -0.15) is 0 Å². The van der Waals surface area contributed by atoms with E-state index in [4.69, 9.17) is 11.6 Å². The Hall–Kier alpha value is -0.860. The largest absolute Gasteiger partial charge is 0.317 e. The third kappa shape index (κ3) is 4.96. The molecular weight excluding hydrogens is 208 g/mol. The van der Waals surface area contributed by atoms with E-state index in [1.807, 2.05) is 6.07 Å². The fourth-order valence-electron chi connectivity index (χ4n) is 1.26. The second-order valence-corrected chi connectivity index (χ2v) is 3.69. The molecule has 0 aliphatic carbocycles. The van der Waals surface area contributed by atoms with E-state index in [1.165, 1.54) is 0 Å². The Labute approximate surface area is 96.4 Å². The minimum Gasteiger partial charge on any atom is -0.317 e. The van der Waals surface area contributed by atoms with Gasteiger partial charge in [0, 0.05) is 12.4 Å². The van der Waals surface area contributed by atoms with Crippen molar-refractivity contribution in [2.24, 2.45) is 0 Å². The molecule has 0 spiro atoms. The lowest BCUT2D eigenvalue weighted by Crippen LogP contribution is -2.12. The minimum absolute atomic E-state index is 0.744. The van der Waals surface area contributed by atoms with Crippen molar-refractivity contribution in [1.82, 2.24) is 10.3 Å². The highest BCUT2D eigenvalue weighted by Crippen LogP contribution is 2.13. The van der Waals surface area contributed by atoms with E-state index in [1.54, 1.807) is 12.4 Å². The molecule has 15 heavy (non-hydrogen) atoms. The van der Waals surface area contributed by atoms with Gasteiger partial charge in [-0.3, -0.25) is 4.98 Å². The summed E-state index contributed by atoms with van der Waals surface area (Å²) in [6, 6.07) is 1.96. The van der Waals surface area contributed by atoms with Gasteiger partial charge in [0.25, 0.3) is 0 Å². The maximum Gasteiger partial charge on any atom is 0.0624 e. The fraction of sp³-hybridized carbons (Fsp3) is 0.417. The van der Waals surface area contributed by atoms with Gasteiger partial charge in [-0.05, 0) is 37.6 Å². The van der Waals surface area contributed by atoms with Gasteiger partial charge in [0.15, 0.2) is 0 Å². The number of nitrogens with one attached hydrogen (secondary N) is 1. The zero-order chi connectivity index (χ0) is 10.9. The van der Waals surface area contributed by atoms with Crippen molar-refractivity contribution in [3.8, 4) is 0 Å². The van der Waals surface area contributed by atoms with Gasteiger partial charge in [-0.1, -0.05) is 30.7 Å². The Balaban J connectivity index is 2.28. The smallest absolute Gasteiger partial charge is 0.0624 e. The van der Waals surface area contributed by atoms with Crippen LogP contribution in [0.15, 0.2) is 30.6 Å². The van der Waals surface area contributed by atoms with Gasteiger partial charge in [0.2, 0.25) is 0 Å². The fourth-order valence-corrected chi connectivity index (χ4v) is 1.46. The number of hydrogen-bond acceptors (Lipinski definition) is 2. The van der Waals surface area contributed by atoms with E-state index < -0.39 is 0 Å². The first kappa shape index (κ1) is 12.2. The van der Waals surface area contributed by atoms with Crippen LogP contribution in [0.4, 0.5) is 0 Å². The highest BCUT2D eigenvalue weighted by atomic mass is 35.5. The van der Waals surface area contributed by atoms with Gasteiger partial charge in [0.05, 0.1) is 5.02 Å². The van der Waals surface area contributed by atoms with Crippen molar-refractivity contribution < 1.29 is 0 Å². The Morgan fingerprint density at radius 3 is 3.07 bits per heavy atom. The summed E-state index contributed by atoms with van der Waals surface area (Å²) in [6.07, 6.45) is 9.74. The molecule has 0 aliphatic heterocycles. The summed E-state index contributed by atoms with van der Waals surface area (Å²) < 4.78 is 0. The normalized spacial score (nSPS) is 11.1. The number of aromatic nitrogens is 1. The maximum absolute atomic E-state index is 5.98. The van der Waals surface area contributed by atoms with Gasteiger partial charge >= 0.3 is 0 Å². The van der Waals surface area contributed by atoms with Crippen molar-refractivity contribution in [3.63, 3.8) is 0 Å². The summed E-state index contributed by atoms with van der Waals surface area (Å²) >= 11 is 5.98. The van der Waals surface area contributed by atoms with Gasteiger partial charge in [0.1, 0.15) is 0 Å². The number of allylic oxidation sites excluding steroid dienone is 1. The molecule has 0 fully saturated rings. The van der Waals surface area contributed by atoms with E-state index in [9.17, 15) is 0 Å². The highest BCUT2D eigenvalue weighted by molar-refractivity contribution is 6.31. The third-order valence-electron chi connectivity index (χ3n) is 2.10. The SMILES string of the molecule is CCNCCC=CCc1ccncc1Cl. The van der Waals surface area contributed by atoms with Crippen LogP contribution < -0.4 is 5.32 Å². The quantitative estimate of drug-likeness (QED) is 0.594. The molecule has 82 valence electrons. The van der Waals surface area contributed by atoms with Crippen molar-refractivity contribution in [2.75, 3.05) is 13.1 Å². The van der Waals surface area contributed by atoms with E-state index in [-0.39, 0.29) is 0 Å². The molecule has 1 rings (SSSR count). The standard InChI is InChI=1S/C12H17ClN2/c1-2-14-8-5-3-4-6-11-7-9-15-10-12(11)13/h3-4,7,9-10,14H,2,5-6,8H2,1H3. The molecule has 3 heteroatoms. The predicted molar refractivity (Wildman–Crippen MR) is 65.3 cm³/mol. The third-order valence-corrected chi connectivity index (χ3v) is 2.44. The second-order valence-electron chi connectivity index (χ2n) is 3.28. The van der Waals surface area contributed by atoms with Crippen molar-refractivity contribution in [3.05, 3.63) is 41.2 Å². The lowest BCUT2D eigenvalue weighted by Gasteiger charge is -1.99. The van der Waals surface area contributed by atoms with Crippen molar-refractivity contribution >= 4 is 11.6 Å². The molecule has 1 aromatic heterocycles. The molecule has 0 aliphatic rings. The average Bonchev–Trinajstić information content (AvgIpc) is 2.25. The van der Waals surface area contributed by atoms with Crippen LogP contribution in [0.2, 0.25) is 5.02 Å². The summed E-state index contributed by atoms with van der Waals surface area (Å²) in [5.41, 5.74) is 1.13. The molecule has 0 radical (unpaired) electrons. The highest BCUT2D eigenvalue weighted by Gasteiger charge is 1.95. The number of rotatable bonds is 6. The molecule has 0 saturated carbocycles. The minimum atomic E-state index is 0.744. The van der Waals surface area contributed by atoms with Crippen LogP contribution in [0.1, 0.15) is 18.9 Å². The predicted octanol–water partition coefficient (Wildman–Crippen LogP) is 2.83. The van der Waals surface area contributed by atoms with E-state index in [0.717, 1.165) is 36.5 Å². The molecule has 0 bridgehead atoms. The lowest BCUT2D eigenvalue weighted by atomic mass is 10.2. The Bertz CT molecular complexity index is 310. The number of hydrogen-bond donors (Lipinski definition) is 1. The molecule has 2 nitrogen and oxygen atoms in total. The zero-order valence-electron chi connectivity index (χ0n) is 9.04. The maximum atomic E-state index is 5.98. The van der Waals surface area contributed by atoms with Gasteiger partial charge in [-0.15, -0.1) is 0 Å². The number of halogens is 1. The Morgan fingerprint density at radius 1 is 1.47 bits per heavy atom. The van der Waals surface area contributed by atoms with Crippen LogP contribution in [-0.2, 0) is 6.42 Å². The molecule has 0 aromatic carbocycles. The van der Waals surface area contributed by atoms with Gasteiger partial charge in [-0.25, -0.2) is 0 Å². The second kappa shape index (κ2) is 7.43. The van der Waals surface area contributed by atoms with E-state index in [2.05, 4.69) is 29.4 Å². The first-order valence-corrected chi connectivity index (χ1v) is 5.66. The summed E-state index contributed by atoms with van der Waals surface area (Å²) in [5.74, 6) is 0. The lowest BCUT2D eigenvalue weighted by molar-refractivity contribution is 0.726. The molecule has 1 aromatic rings.